The van der Waals surface area contributed by atoms with Gasteiger partial charge >= 0.3 is 5.97 Å². The molecular formula is C22H21NO4. The fourth-order valence-corrected chi connectivity index (χ4v) is 3.79. The maximum Gasteiger partial charge on any atom is 0.341 e. The van der Waals surface area contributed by atoms with Gasteiger partial charge in [-0.15, -0.1) is 0 Å². The molecule has 0 N–H and O–H groups in total. The summed E-state index contributed by atoms with van der Waals surface area (Å²) in [4.78, 5) is 17.8. The molecule has 2 atom stereocenters. The fraction of sp³-hybridized carbons (Fsp3) is 0.273. The van der Waals surface area contributed by atoms with Gasteiger partial charge in [-0.3, -0.25) is 0 Å². The molecule has 0 saturated heterocycles. The number of rotatable bonds is 4. The van der Waals surface area contributed by atoms with Gasteiger partial charge in [-0.05, 0) is 36.2 Å². The number of benzene rings is 2. The summed E-state index contributed by atoms with van der Waals surface area (Å²) in [6.45, 7) is 0. The highest BCUT2D eigenvalue weighted by Crippen LogP contribution is 2.46. The van der Waals surface area contributed by atoms with Crippen LogP contribution in [-0.2, 0) is 9.53 Å². The van der Waals surface area contributed by atoms with Crippen LogP contribution in [0.1, 0.15) is 29.9 Å². The topological polar surface area (TPSA) is 57.1 Å². The number of cyclic esters (lactones) is 1. The van der Waals surface area contributed by atoms with Crippen molar-refractivity contribution in [1.29, 1.82) is 0 Å². The van der Waals surface area contributed by atoms with E-state index in [1.54, 1.807) is 14.2 Å². The first kappa shape index (κ1) is 17.3. The minimum atomic E-state index is -0.945. The van der Waals surface area contributed by atoms with Gasteiger partial charge in [-0.1, -0.05) is 36.4 Å². The number of nitrogens with zero attached hydrogens (tertiary/aromatic N) is 1. The summed E-state index contributed by atoms with van der Waals surface area (Å²) >= 11 is 0. The second-order valence-corrected chi connectivity index (χ2v) is 6.67. The van der Waals surface area contributed by atoms with E-state index < -0.39 is 5.54 Å². The highest BCUT2D eigenvalue weighted by molar-refractivity contribution is 6.08. The van der Waals surface area contributed by atoms with Gasteiger partial charge < -0.3 is 14.2 Å². The number of hydrogen-bond donors (Lipinski definition) is 0. The molecule has 0 bridgehead atoms. The molecule has 5 nitrogen and oxygen atoms in total. The highest BCUT2D eigenvalue weighted by Gasteiger charge is 2.52. The third-order valence-electron chi connectivity index (χ3n) is 5.22. The molecule has 138 valence electrons. The van der Waals surface area contributed by atoms with Gasteiger partial charge in [-0.25, -0.2) is 9.79 Å². The monoisotopic (exact) mass is 363 g/mol. The number of carbonyl (C=O) groups is 1. The Hall–Kier alpha value is -3.08. The molecule has 2 aromatic rings. The number of aliphatic imine (C=N–C) groups is 1. The normalized spacial score (nSPS) is 23.9. The van der Waals surface area contributed by atoms with Crippen LogP contribution in [0.4, 0.5) is 0 Å². The molecular weight excluding hydrogens is 342 g/mol. The molecule has 0 aromatic heterocycles. The van der Waals surface area contributed by atoms with Gasteiger partial charge in [0.25, 0.3) is 0 Å². The lowest BCUT2D eigenvalue weighted by Crippen LogP contribution is -2.41. The summed E-state index contributed by atoms with van der Waals surface area (Å²) in [5.41, 5.74) is 0.842. The van der Waals surface area contributed by atoms with Gasteiger partial charge in [0.1, 0.15) is 0 Å². The molecule has 1 spiro atoms. The van der Waals surface area contributed by atoms with Crippen LogP contribution in [-0.4, -0.2) is 31.6 Å². The average Bonchev–Trinajstić information content (AvgIpc) is 3.05. The molecule has 0 saturated carbocycles. The van der Waals surface area contributed by atoms with E-state index in [1.165, 1.54) is 0 Å². The van der Waals surface area contributed by atoms with Crippen LogP contribution in [0, 0.1) is 0 Å². The Labute approximate surface area is 158 Å². The number of ether oxygens (including phenoxy) is 3. The smallest absolute Gasteiger partial charge is 0.341 e. The zero-order chi connectivity index (χ0) is 18.9. The van der Waals surface area contributed by atoms with Crippen molar-refractivity contribution in [3.8, 4) is 11.5 Å². The lowest BCUT2D eigenvalue weighted by Gasteiger charge is -2.33. The summed E-state index contributed by atoms with van der Waals surface area (Å²) in [5, 5.41) is 0. The molecule has 0 fully saturated rings. The van der Waals surface area contributed by atoms with Crippen molar-refractivity contribution in [2.45, 2.75) is 24.3 Å². The molecule has 2 aromatic carbocycles. The van der Waals surface area contributed by atoms with Gasteiger partial charge in [0.15, 0.2) is 17.0 Å². The summed E-state index contributed by atoms with van der Waals surface area (Å²) < 4.78 is 16.4. The number of esters is 1. The first-order valence-corrected chi connectivity index (χ1v) is 8.92. The Morgan fingerprint density at radius 3 is 2.56 bits per heavy atom. The third kappa shape index (κ3) is 2.89. The van der Waals surface area contributed by atoms with Crippen LogP contribution in [0.5, 0.6) is 11.5 Å². The largest absolute Gasteiger partial charge is 0.493 e. The van der Waals surface area contributed by atoms with Crippen LogP contribution in [0.25, 0.3) is 0 Å². The molecule has 4 rings (SSSR count). The van der Waals surface area contributed by atoms with E-state index in [2.05, 4.69) is 6.08 Å². The molecule has 0 unspecified atom stereocenters. The van der Waals surface area contributed by atoms with Crippen molar-refractivity contribution in [3.63, 3.8) is 0 Å². The van der Waals surface area contributed by atoms with Crippen molar-refractivity contribution < 1.29 is 19.0 Å². The second-order valence-electron chi connectivity index (χ2n) is 6.67. The van der Waals surface area contributed by atoms with Crippen molar-refractivity contribution in [2.24, 2.45) is 4.99 Å². The van der Waals surface area contributed by atoms with Crippen molar-refractivity contribution in [3.05, 3.63) is 71.8 Å². The summed E-state index contributed by atoms with van der Waals surface area (Å²) in [7, 11) is 3.21. The van der Waals surface area contributed by atoms with E-state index >= 15 is 0 Å². The van der Waals surface area contributed by atoms with E-state index in [1.807, 2.05) is 54.6 Å². The lowest BCUT2D eigenvalue weighted by molar-refractivity contribution is -0.139. The predicted molar refractivity (Wildman–Crippen MR) is 102 cm³/mol. The Morgan fingerprint density at radius 2 is 1.81 bits per heavy atom. The van der Waals surface area contributed by atoms with E-state index in [-0.39, 0.29) is 11.9 Å². The van der Waals surface area contributed by atoms with E-state index in [0.29, 0.717) is 30.2 Å². The predicted octanol–water partition coefficient (Wildman–Crippen LogP) is 3.88. The molecule has 1 heterocycles. The molecule has 5 heteroatoms. The van der Waals surface area contributed by atoms with Crippen LogP contribution in [0.3, 0.4) is 0 Å². The first-order valence-electron chi connectivity index (χ1n) is 8.92. The van der Waals surface area contributed by atoms with Crippen LogP contribution < -0.4 is 9.47 Å². The zero-order valence-corrected chi connectivity index (χ0v) is 15.3. The number of methoxy groups -OCH3 is 2. The van der Waals surface area contributed by atoms with Gasteiger partial charge in [0.05, 0.1) is 14.2 Å². The SMILES string of the molecule is COc1ccc([C@@H]2CC=CC[C@@]23N=C(c2ccccc2)OC3=O)cc1OC. The molecule has 1 aliphatic heterocycles. The van der Waals surface area contributed by atoms with E-state index in [4.69, 9.17) is 19.2 Å². The minimum Gasteiger partial charge on any atom is -0.493 e. The summed E-state index contributed by atoms with van der Waals surface area (Å²) in [6.07, 6.45) is 5.32. The van der Waals surface area contributed by atoms with Crippen molar-refractivity contribution in [1.82, 2.24) is 0 Å². The van der Waals surface area contributed by atoms with Gasteiger partial charge in [-0.2, -0.15) is 0 Å². The molecule has 2 aliphatic rings. The Morgan fingerprint density at radius 1 is 1.04 bits per heavy atom. The van der Waals surface area contributed by atoms with Crippen LogP contribution >= 0.6 is 0 Å². The average molecular weight is 363 g/mol. The van der Waals surface area contributed by atoms with Crippen LogP contribution in [0.2, 0.25) is 0 Å². The zero-order valence-electron chi connectivity index (χ0n) is 15.3. The third-order valence-corrected chi connectivity index (χ3v) is 5.22. The standard InChI is InChI=1S/C22H21NO4/c1-25-18-12-11-16(14-19(18)26-2)17-10-6-7-13-22(17)21(24)27-20(23-22)15-8-4-3-5-9-15/h3-9,11-12,14,17H,10,13H2,1-2H3/t17-,22+/m0/s1. The molecule has 1 aliphatic carbocycles. The van der Waals surface area contributed by atoms with Crippen LogP contribution in [0.15, 0.2) is 65.7 Å². The molecule has 27 heavy (non-hydrogen) atoms. The number of carbonyl (C=O) groups excluding carboxylic acids is 1. The van der Waals surface area contributed by atoms with Gasteiger partial charge in [0.2, 0.25) is 5.90 Å². The summed E-state index contributed by atoms with van der Waals surface area (Å²) in [6, 6.07) is 15.3. The van der Waals surface area contributed by atoms with E-state index in [9.17, 15) is 4.79 Å². The lowest BCUT2D eigenvalue weighted by atomic mass is 9.73. The Bertz CT molecular complexity index is 919. The first-order chi connectivity index (χ1) is 13.2. The Kier molecular flexibility index (Phi) is 4.44. The quantitative estimate of drug-likeness (QED) is 0.611. The van der Waals surface area contributed by atoms with Crippen molar-refractivity contribution >= 4 is 11.9 Å². The maximum atomic E-state index is 13.0. The number of allylic oxidation sites excluding steroid dienone is 1. The second kappa shape index (κ2) is 6.91. The summed E-state index contributed by atoms with van der Waals surface area (Å²) in [5.74, 6) is 1.25. The molecule has 0 radical (unpaired) electrons. The highest BCUT2D eigenvalue weighted by atomic mass is 16.6. The molecule has 0 amide bonds. The van der Waals surface area contributed by atoms with E-state index in [0.717, 1.165) is 11.1 Å². The fourth-order valence-electron chi connectivity index (χ4n) is 3.79. The number of hydrogen-bond acceptors (Lipinski definition) is 5. The Balaban J connectivity index is 1.78. The van der Waals surface area contributed by atoms with Gasteiger partial charge in [0, 0.05) is 17.9 Å². The van der Waals surface area contributed by atoms with Crippen molar-refractivity contribution in [2.75, 3.05) is 14.2 Å². The minimum absolute atomic E-state index is 0.129. The maximum absolute atomic E-state index is 13.0.